The van der Waals surface area contributed by atoms with Gasteiger partial charge in [0, 0.05) is 23.6 Å². The smallest absolute Gasteiger partial charge is 0.283 e. The quantitative estimate of drug-likeness (QED) is 0.663. The molecule has 0 saturated heterocycles. The number of aliphatic hydroxyl groups is 1. The van der Waals surface area contributed by atoms with Crippen molar-refractivity contribution in [2.24, 2.45) is 0 Å². The molecule has 0 aliphatic heterocycles. The highest BCUT2D eigenvalue weighted by molar-refractivity contribution is 9.10. The van der Waals surface area contributed by atoms with E-state index in [0.29, 0.717) is 11.0 Å². The Kier molecular flexibility index (Phi) is 5.24. The molecule has 0 radical (unpaired) electrons. The van der Waals surface area contributed by atoms with Crippen molar-refractivity contribution in [1.82, 2.24) is 4.90 Å². The molecule has 0 fully saturated rings. The lowest BCUT2D eigenvalue weighted by atomic mass is 10.1. The van der Waals surface area contributed by atoms with Crippen molar-refractivity contribution in [3.05, 3.63) is 38.3 Å². The molecule has 0 aliphatic rings. The van der Waals surface area contributed by atoms with E-state index in [1.807, 2.05) is 0 Å². The number of carbonyl (C=O) groups is 1. The van der Waals surface area contributed by atoms with Crippen LogP contribution in [0.1, 0.15) is 17.3 Å². The first-order valence-corrected chi connectivity index (χ1v) is 6.14. The Balaban J connectivity index is 3.15. The van der Waals surface area contributed by atoms with E-state index in [2.05, 4.69) is 15.9 Å². The molecule has 1 amide bonds. The van der Waals surface area contributed by atoms with Gasteiger partial charge in [-0.15, -0.1) is 0 Å². The Morgan fingerprint density at radius 3 is 2.72 bits per heavy atom. The van der Waals surface area contributed by atoms with E-state index in [1.54, 1.807) is 13.0 Å². The number of aliphatic hydroxyl groups excluding tert-OH is 1. The van der Waals surface area contributed by atoms with E-state index < -0.39 is 10.8 Å². The van der Waals surface area contributed by atoms with Crippen LogP contribution in [0.25, 0.3) is 0 Å². The zero-order chi connectivity index (χ0) is 13.7. The summed E-state index contributed by atoms with van der Waals surface area (Å²) in [5.41, 5.74) is -0.218. The Labute approximate surface area is 112 Å². The standard InChI is InChI=1S/C11H13BrN2O4/c1-2-13(5-6-15)11(16)9-4-3-8(12)7-10(9)14(17)18/h3-4,7,15H,2,5-6H2,1H3. The largest absolute Gasteiger partial charge is 0.395 e. The Bertz CT molecular complexity index is 464. The molecule has 18 heavy (non-hydrogen) atoms. The van der Waals surface area contributed by atoms with Gasteiger partial charge in [-0.05, 0) is 19.1 Å². The van der Waals surface area contributed by atoms with Crippen molar-refractivity contribution >= 4 is 27.5 Å². The first-order chi connectivity index (χ1) is 8.51. The number of nitrogens with zero attached hydrogens (tertiary/aromatic N) is 2. The lowest BCUT2D eigenvalue weighted by molar-refractivity contribution is -0.385. The topological polar surface area (TPSA) is 83.7 Å². The molecule has 98 valence electrons. The van der Waals surface area contributed by atoms with E-state index in [0.717, 1.165) is 0 Å². The van der Waals surface area contributed by atoms with E-state index in [9.17, 15) is 14.9 Å². The summed E-state index contributed by atoms with van der Waals surface area (Å²) in [5, 5.41) is 19.8. The number of rotatable bonds is 5. The maximum absolute atomic E-state index is 12.1. The fraction of sp³-hybridized carbons (Fsp3) is 0.364. The Hall–Kier alpha value is -1.47. The molecule has 0 bridgehead atoms. The average Bonchev–Trinajstić information content (AvgIpc) is 2.35. The number of halogens is 1. The van der Waals surface area contributed by atoms with Crippen LogP contribution in [0, 0.1) is 10.1 Å². The van der Waals surface area contributed by atoms with E-state index in [-0.39, 0.29) is 24.4 Å². The fourth-order valence-electron chi connectivity index (χ4n) is 1.53. The summed E-state index contributed by atoms with van der Waals surface area (Å²) in [6, 6.07) is 4.28. The van der Waals surface area contributed by atoms with Crippen molar-refractivity contribution in [3.63, 3.8) is 0 Å². The molecule has 1 aromatic rings. The van der Waals surface area contributed by atoms with Gasteiger partial charge in [-0.25, -0.2) is 0 Å². The highest BCUT2D eigenvalue weighted by Crippen LogP contribution is 2.24. The molecular formula is C11H13BrN2O4. The van der Waals surface area contributed by atoms with Gasteiger partial charge in [0.25, 0.3) is 11.6 Å². The minimum absolute atomic E-state index is 0.0264. The summed E-state index contributed by atoms with van der Waals surface area (Å²) in [5.74, 6) is -0.453. The highest BCUT2D eigenvalue weighted by atomic mass is 79.9. The van der Waals surface area contributed by atoms with Crippen molar-refractivity contribution in [2.75, 3.05) is 19.7 Å². The van der Waals surface area contributed by atoms with Crippen molar-refractivity contribution in [3.8, 4) is 0 Å². The van der Waals surface area contributed by atoms with Crippen LogP contribution in [-0.4, -0.2) is 40.5 Å². The first kappa shape index (κ1) is 14.6. The highest BCUT2D eigenvalue weighted by Gasteiger charge is 2.23. The summed E-state index contributed by atoms with van der Waals surface area (Å²) in [4.78, 5) is 23.8. The second kappa shape index (κ2) is 6.46. The number of nitro benzene ring substituents is 1. The number of nitro groups is 1. The molecule has 1 aromatic carbocycles. The van der Waals surface area contributed by atoms with E-state index in [1.165, 1.54) is 17.0 Å². The molecule has 0 spiro atoms. The van der Waals surface area contributed by atoms with Gasteiger partial charge in [-0.2, -0.15) is 0 Å². The van der Waals surface area contributed by atoms with Crippen molar-refractivity contribution in [2.45, 2.75) is 6.92 Å². The average molecular weight is 317 g/mol. The van der Waals surface area contributed by atoms with Crippen LogP contribution in [-0.2, 0) is 0 Å². The third-order valence-corrected chi connectivity index (χ3v) is 2.92. The number of hydrogen-bond donors (Lipinski definition) is 1. The van der Waals surface area contributed by atoms with Crippen LogP contribution < -0.4 is 0 Å². The SMILES string of the molecule is CCN(CCO)C(=O)c1ccc(Br)cc1[N+](=O)[O-]. The van der Waals surface area contributed by atoms with Crippen LogP contribution >= 0.6 is 15.9 Å². The summed E-state index contributed by atoms with van der Waals surface area (Å²) in [7, 11) is 0. The maximum Gasteiger partial charge on any atom is 0.283 e. The molecule has 1 rings (SSSR count). The predicted molar refractivity (Wildman–Crippen MR) is 69.5 cm³/mol. The Morgan fingerprint density at radius 2 is 2.22 bits per heavy atom. The second-order valence-corrected chi connectivity index (χ2v) is 4.44. The number of benzene rings is 1. The van der Waals surface area contributed by atoms with Crippen molar-refractivity contribution < 1.29 is 14.8 Å². The van der Waals surface area contributed by atoms with Crippen LogP contribution in [0.15, 0.2) is 22.7 Å². The van der Waals surface area contributed by atoms with E-state index >= 15 is 0 Å². The summed E-state index contributed by atoms with van der Waals surface area (Å²) in [6.07, 6.45) is 0. The minimum Gasteiger partial charge on any atom is -0.395 e. The lowest BCUT2D eigenvalue weighted by Gasteiger charge is -2.19. The number of likely N-dealkylation sites (N-methyl/N-ethyl adjacent to an activating group) is 1. The van der Waals surface area contributed by atoms with Gasteiger partial charge in [0.2, 0.25) is 0 Å². The van der Waals surface area contributed by atoms with Gasteiger partial charge in [0.05, 0.1) is 11.5 Å². The first-order valence-electron chi connectivity index (χ1n) is 5.35. The summed E-state index contributed by atoms with van der Waals surface area (Å²) < 4.78 is 0.538. The van der Waals surface area contributed by atoms with Crippen LogP contribution in [0.2, 0.25) is 0 Å². The fourth-order valence-corrected chi connectivity index (χ4v) is 1.88. The number of hydrogen-bond acceptors (Lipinski definition) is 4. The predicted octanol–water partition coefficient (Wildman–Crippen LogP) is 1.81. The zero-order valence-corrected chi connectivity index (χ0v) is 11.4. The molecule has 0 atom stereocenters. The molecule has 0 saturated carbocycles. The van der Waals surface area contributed by atoms with Gasteiger partial charge < -0.3 is 10.0 Å². The van der Waals surface area contributed by atoms with Crippen LogP contribution in [0.3, 0.4) is 0 Å². The molecule has 1 N–H and O–H groups in total. The van der Waals surface area contributed by atoms with E-state index in [4.69, 9.17) is 5.11 Å². The van der Waals surface area contributed by atoms with Gasteiger partial charge in [-0.1, -0.05) is 15.9 Å². The molecule has 7 heteroatoms. The summed E-state index contributed by atoms with van der Waals surface area (Å²) in [6.45, 7) is 2.11. The van der Waals surface area contributed by atoms with Gasteiger partial charge in [-0.3, -0.25) is 14.9 Å². The maximum atomic E-state index is 12.1. The third kappa shape index (κ3) is 3.27. The molecular weight excluding hydrogens is 304 g/mol. The van der Waals surface area contributed by atoms with Crippen LogP contribution in [0.5, 0.6) is 0 Å². The van der Waals surface area contributed by atoms with Gasteiger partial charge in [0.1, 0.15) is 5.56 Å². The number of carbonyl (C=O) groups excluding carboxylic acids is 1. The van der Waals surface area contributed by atoms with Crippen LogP contribution in [0.4, 0.5) is 5.69 Å². The molecule has 0 heterocycles. The van der Waals surface area contributed by atoms with Crippen molar-refractivity contribution in [1.29, 1.82) is 0 Å². The minimum atomic E-state index is -0.592. The van der Waals surface area contributed by atoms with Gasteiger partial charge in [0.15, 0.2) is 0 Å². The molecule has 0 unspecified atom stereocenters. The summed E-state index contributed by atoms with van der Waals surface area (Å²) >= 11 is 3.13. The monoisotopic (exact) mass is 316 g/mol. The number of amides is 1. The second-order valence-electron chi connectivity index (χ2n) is 3.53. The molecule has 0 aromatic heterocycles. The zero-order valence-electron chi connectivity index (χ0n) is 9.80. The van der Waals surface area contributed by atoms with Gasteiger partial charge >= 0.3 is 0 Å². The lowest BCUT2D eigenvalue weighted by Crippen LogP contribution is -2.33. The Morgan fingerprint density at radius 1 is 1.56 bits per heavy atom. The normalized spacial score (nSPS) is 10.2. The third-order valence-electron chi connectivity index (χ3n) is 2.43. The molecule has 0 aliphatic carbocycles. The molecule has 6 nitrogen and oxygen atoms in total.